The molecule has 1 aliphatic heterocycles. The van der Waals surface area contributed by atoms with Crippen molar-refractivity contribution >= 4 is 33.4 Å². The maximum absolute atomic E-state index is 13.3. The lowest BCUT2D eigenvalue weighted by molar-refractivity contribution is 0.143. The Bertz CT molecular complexity index is 905. The summed E-state index contributed by atoms with van der Waals surface area (Å²) >= 11 is 5.78. The molecule has 2 aromatic rings. The SMILES string of the molecule is O=C1OC(CNS(=O)(=O)Cc2ccc(Cl)cc2)CN1c1cccc(F)c1. The van der Waals surface area contributed by atoms with Crippen LogP contribution in [0.1, 0.15) is 5.56 Å². The summed E-state index contributed by atoms with van der Waals surface area (Å²) in [4.78, 5) is 13.2. The molecule has 0 spiro atoms. The van der Waals surface area contributed by atoms with Gasteiger partial charge in [0.05, 0.1) is 18.0 Å². The van der Waals surface area contributed by atoms with Crippen LogP contribution >= 0.6 is 11.6 Å². The summed E-state index contributed by atoms with van der Waals surface area (Å²) in [6.45, 7) is 0.0687. The van der Waals surface area contributed by atoms with Gasteiger partial charge in [0.15, 0.2) is 0 Å². The fourth-order valence-electron chi connectivity index (χ4n) is 2.55. The molecule has 1 saturated heterocycles. The van der Waals surface area contributed by atoms with Crippen LogP contribution in [0.4, 0.5) is 14.9 Å². The Kier molecular flexibility index (Phi) is 5.45. The van der Waals surface area contributed by atoms with Crippen LogP contribution in [0.5, 0.6) is 0 Å². The summed E-state index contributed by atoms with van der Waals surface area (Å²) in [7, 11) is -3.60. The molecule has 2 aromatic carbocycles. The van der Waals surface area contributed by atoms with Gasteiger partial charge in [0.2, 0.25) is 10.0 Å². The molecule has 1 atom stereocenters. The maximum Gasteiger partial charge on any atom is 0.414 e. The van der Waals surface area contributed by atoms with Crippen LogP contribution in [-0.2, 0) is 20.5 Å². The first-order valence-electron chi connectivity index (χ1n) is 7.78. The zero-order valence-electron chi connectivity index (χ0n) is 13.6. The number of rotatable bonds is 6. The minimum atomic E-state index is -3.60. The number of anilines is 1. The number of nitrogens with one attached hydrogen (secondary N) is 1. The fraction of sp³-hybridized carbons (Fsp3) is 0.235. The van der Waals surface area contributed by atoms with Gasteiger partial charge in [-0.1, -0.05) is 29.8 Å². The van der Waals surface area contributed by atoms with Gasteiger partial charge in [-0.25, -0.2) is 22.3 Å². The number of hydrogen-bond donors (Lipinski definition) is 1. The molecular weight excluding hydrogens is 383 g/mol. The smallest absolute Gasteiger partial charge is 0.414 e. The summed E-state index contributed by atoms with van der Waals surface area (Å²) in [5, 5.41) is 0.523. The van der Waals surface area contributed by atoms with Gasteiger partial charge in [-0.05, 0) is 35.9 Å². The van der Waals surface area contributed by atoms with Crippen molar-refractivity contribution in [1.29, 1.82) is 0 Å². The number of hydrogen-bond acceptors (Lipinski definition) is 4. The van der Waals surface area contributed by atoms with Crippen LogP contribution in [-0.4, -0.2) is 33.7 Å². The van der Waals surface area contributed by atoms with Gasteiger partial charge in [-0.2, -0.15) is 0 Å². The number of benzene rings is 2. The second kappa shape index (κ2) is 7.61. The summed E-state index contributed by atoms with van der Waals surface area (Å²) in [5.41, 5.74) is 0.952. The number of sulfonamides is 1. The average molecular weight is 399 g/mol. The molecule has 9 heteroatoms. The Morgan fingerprint density at radius 3 is 2.65 bits per heavy atom. The molecule has 0 saturated carbocycles. The monoisotopic (exact) mass is 398 g/mol. The van der Waals surface area contributed by atoms with Gasteiger partial charge >= 0.3 is 6.09 Å². The first kappa shape index (κ1) is 18.6. The minimum Gasteiger partial charge on any atom is -0.443 e. The minimum absolute atomic E-state index is 0.0620. The van der Waals surface area contributed by atoms with E-state index >= 15 is 0 Å². The number of halogens is 2. The molecule has 1 fully saturated rings. The summed E-state index contributed by atoms with van der Waals surface area (Å²) < 4.78 is 45.2. The number of carbonyl (C=O) groups excluding carboxylic acids is 1. The normalized spacial score (nSPS) is 17.4. The third-order valence-electron chi connectivity index (χ3n) is 3.79. The van der Waals surface area contributed by atoms with E-state index in [0.717, 1.165) is 0 Å². The van der Waals surface area contributed by atoms with Crippen LogP contribution in [0.2, 0.25) is 5.02 Å². The lowest BCUT2D eigenvalue weighted by Crippen LogP contribution is -2.35. The molecule has 0 aliphatic carbocycles. The highest BCUT2D eigenvalue weighted by Gasteiger charge is 2.33. The molecule has 0 aromatic heterocycles. The highest BCUT2D eigenvalue weighted by Crippen LogP contribution is 2.22. The van der Waals surface area contributed by atoms with Gasteiger partial charge in [-0.3, -0.25) is 4.90 Å². The topological polar surface area (TPSA) is 75.7 Å². The second-order valence-corrected chi connectivity index (χ2v) is 8.07. The highest BCUT2D eigenvalue weighted by molar-refractivity contribution is 7.88. The number of cyclic esters (lactones) is 1. The quantitative estimate of drug-likeness (QED) is 0.811. The highest BCUT2D eigenvalue weighted by atomic mass is 35.5. The molecular formula is C17H16ClFN2O4S. The van der Waals surface area contributed by atoms with Crippen LogP contribution in [0, 0.1) is 5.82 Å². The van der Waals surface area contributed by atoms with E-state index in [1.165, 1.54) is 23.1 Å². The van der Waals surface area contributed by atoms with Gasteiger partial charge in [0.1, 0.15) is 11.9 Å². The van der Waals surface area contributed by atoms with E-state index in [0.29, 0.717) is 16.3 Å². The molecule has 1 aliphatic rings. The molecule has 6 nitrogen and oxygen atoms in total. The van der Waals surface area contributed by atoms with Crippen molar-refractivity contribution in [1.82, 2.24) is 4.72 Å². The Labute approximate surface area is 155 Å². The van der Waals surface area contributed by atoms with Gasteiger partial charge < -0.3 is 4.74 Å². The van der Waals surface area contributed by atoms with Crippen LogP contribution in [0.3, 0.4) is 0 Å². The van der Waals surface area contributed by atoms with Crippen LogP contribution < -0.4 is 9.62 Å². The van der Waals surface area contributed by atoms with E-state index in [9.17, 15) is 17.6 Å². The van der Waals surface area contributed by atoms with E-state index in [1.807, 2.05) is 0 Å². The lowest BCUT2D eigenvalue weighted by Gasteiger charge is -2.13. The number of ether oxygens (including phenoxy) is 1. The van der Waals surface area contributed by atoms with Gasteiger partial charge in [-0.15, -0.1) is 0 Å². The summed E-state index contributed by atoms with van der Waals surface area (Å²) in [5.74, 6) is -0.680. The standard InChI is InChI=1S/C17H16ClFN2O4S/c18-13-6-4-12(5-7-13)11-26(23,24)20-9-16-10-21(17(22)25-16)15-3-1-2-14(19)8-15/h1-8,16,20H,9-11H2. The molecule has 138 valence electrons. The van der Waals surface area contributed by atoms with Crippen molar-refractivity contribution in [2.75, 3.05) is 18.0 Å². The lowest BCUT2D eigenvalue weighted by atomic mass is 10.2. The third-order valence-corrected chi connectivity index (χ3v) is 5.37. The predicted octanol–water partition coefficient (Wildman–Crippen LogP) is 2.92. The number of carbonyl (C=O) groups is 1. The third kappa shape index (κ3) is 4.72. The van der Waals surface area contributed by atoms with Crippen molar-refractivity contribution < 1.29 is 22.3 Å². The van der Waals surface area contributed by atoms with Gasteiger partial charge in [0.25, 0.3) is 0 Å². The Morgan fingerprint density at radius 2 is 1.96 bits per heavy atom. The maximum atomic E-state index is 13.3. The largest absolute Gasteiger partial charge is 0.443 e. The Hall–Kier alpha value is -2.16. The average Bonchev–Trinajstić information content (AvgIpc) is 2.96. The second-order valence-electron chi connectivity index (χ2n) is 5.83. The van der Waals surface area contributed by atoms with E-state index in [-0.39, 0.29) is 18.8 Å². The van der Waals surface area contributed by atoms with Gasteiger partial charge in [0, 0.05) is 11.6 Å². The van der Waals surface area contributed by atoms with E-state index in [2.05, 4.69) is 4.72 Å². The summed E-state index contributed by atoms with van der Waals surface area (Å²) in [6, 6.07) is 12.0. The van der Waals surface area contributed by atoms with Crippen molar-refractivity contribution in [3.8, 4) is 0 Å². The fourth-order valence-corrected chi connectivity index (χ4v) is 3.85. The van der Waals surface area contributed by atoms with Crippen molar-refractivity contribution in [2.24, 2.45) is 0 Å². The van der Waals surface area contributed by atoms with Crippen molar-refractivity contribution in [2.45, 2.75) is 11.9 Å². The Balaban J connectivity index is 1.58. The van der Waals surface area contributed by atoms with Crippen LogP contribution in [0.15, 0.2) is 48.5 Å². The predicted molar refractivity (Wildman–Crippen MR) is 96.1 cm³/mol. The molecule has 0 bridgehead atoms. The van der Waals surface area contributed by atoms with Crippen molar-refractivity contribution in [3.05, 3.63) is 64.9 Å². The summed E-state index contributed by atoms with van der Waals surface area (Å²) in [6.07, 6.45) is -1.30. The molecule has 1 amide bonds. The zero-order chi connectivity index (χ0) is 18.7. The number of amides is 1. The molecule has 1 unspecified atom stereocenters. The zero-order valence-corrected chi connectivity index (χ0v) is 15.1. The molecule has 26 heavy (non-hydrogen) atoms. The molecule has 3 rings (SSSR count). The van der Waals surface area contributed by atoms with E-state index in [4.69, 9.17) is 16.3 Å². The van der Waals surface area contributed by atoms with Crippen LogP contribution in [0.25, 0.3) is 0 Å². The van der Waals surface area contributed by atoms with E-state index in [1.54, 1.807) is 30.3 Å². The van der Waals surface area contributed by atoms with E-state index < -0.39 is 28.0 Å². The molecule has 1 heterocycles. The first-order valence-corrected chi connectivity index (χ1v) is 9.81. The number of nitrogens with zero attached hydrogens (tertiary/aromatic N) is 1. The Morgan fingerprint density at radius 1 is 1.23 bits per heavy atom. The molecule has 0 radical (unpaired) electrons. The first-order chi connectivity index (χ1) is 12.3. The molecule has 1 N–H and O–H groups in total. The van der Waals surface area contributed by atoms with Crippen molar-refractivity contribution in [3.63, 3.8) is 0 Å².